The van der Waals surface area contributed by atoms with E-state index in [-0.39, 0.29) is 11.5 Å². The van der Waals surface area contributed by atoms with E-state index in [1.54, 1.807) is 35.8 Å². The Morgan fingerprint density at radius 3 is 2.55 bits per heavy atom. The second-order valence-corrected chi connectivity index (χ2v) is 9.87. The Morgan fingerprint density at radius 1 is 1.26 bits per heavy atom. The number of amides is 2. The summed E-state index contributed by atoms with van der Waals surface area (Å²) in [6, 6.07) is 6.40. The number of nitrogens with one attached hydrogen (secondary N) is 1. The van der Waals surface area contributed by atoms with Crippen LogP contribution in [0.1, 0.15) is 47.5 Å². The topological polar surface area (TPSA) is 107 Å². The first-order chi connectivity index (χ1) is 14.7. The van der Waals surface area contributed by atoms with Gasteiger partial charge in [0.25, 0.3) is 5.56 Å². The maximum absolute atomic E-state index is 13.2. The Balaban J connectivity index is 1.85. The van der Waals surface area contributed by atoms with Crippen LogP contribution in [-0.4, -0.2) is 26.6 Å². The Hall–Kier alpha value is -2.65. The molecule has 1 unspecified atom stereocenters. The first-order valence-corrected chi connectivity index (χ1v) is 11.8. The molecule has 2 amide bonds. The minimum atomic E-state index is -0.521. The van der Waals surface area contributed by atoms with E-state index in [0.29, 0.717) is 33.2 Å². The number of hydrogen-bond donors (Lipinski definition) is 2. The molecule has 0 aliphatic carbocycles. The van der Waals surface area contributed by atoms with Crippen LogP contribution in [0.2, 0.25) is 0 Å². The zero-order valence-corrected chi connectivity index (χ0v) is 19.7. The molecular weight excluding hydrogens is 432 g/mol. The smallest absolute Gasteiger partial charge is 0.263 e. The average Bonchev–Trinajstić information content (AvgIpc) is 3.01. The van der Waals surface area contributed by atoms with Gasteiger partial charge in [0.1, 0.15) is 4.83 Å². The van der Waals surface area contributed by atoms with Crippen LogP contribution in [-0.2, 0) is 11.3 Å². The molecule has 0 bridgehead atoms. The van der Waals surface area contributed by atoms with Crippen molar-refractivity contribution in [1.29, 1.82) is 0 Å². The number of fused-ring (bicyclic) bond motifs is 1. The van der Waals surface area contributed by atoms with Gasteiger partial charge in [0, 0.05) is 22.7 Å². The number of thioether (sulfide) groups is 1. The molecule has 1 atom stereocenters. The van der Waals surface area contributed by atoms with Crippen LogP contribution in [0.4, 0.5) is 5.69 Å². The highest BCUT2D eigenvalue weighted by Gasteiger charge is 2.21. The first-order valence-electron chi connectivity index (χ1n) is 10.1. The number of carbonyl (C=O) groups is 2. The van der Waals surface area contributed by atoms with E-state index in [4.69, 9.17) is 10.7 Å². The van der Waals surface area contributed by atoms with Gasteiger partial charge in [-0.2, -0.15) is 0 Å². The number of anilines is 1. The maximum atomic E-state index is 13.2. The number of aryl methyl sites for hydroxylation is 2. The van der Waals surface area contributed by atoms with Crippen molar-refractivity contribution in [3.63, 3.8) is 0 Å². The van der Waals surface area contributed by atoms with E-state index in [1.165, 1.54) is 23.1 Å². The van der Waals surface area contributed by atoms with Gasteiger partial charge in [-0.1, -0.05) is 25.1 Å². The van der Waals surface area contributed by atoms with Crippen LogP contribution in [0.5, 0.6) is 0 Å². The summed E-state index contributed by atoms with van der Waals surface area (Å²) in [5.74, 6) is -0.737. The van der Waals surface area contributed by atoms with E-state index in [0.717, 1.165) is 23.3 Å². The lowest BCUT2D eigenvalue weighted by atomic mass is 10.2. The van der Waals surface area contributed by atoms with E-state index in [9.17, 15) is 14.4 Å². The second kappa shape index (κ2) is 9.65. The van der Waals surface area contributed by atoms with E-state index in [2.05, 4.69) is 12.2 Å². The predicted octanol–water partition coefficient (Wildman–Crippen LogP) is 4.09. The standard InChI is InChI=1S/C22H26N4O3S2/c1-5-6-11-26-21(29)17-12(2)13(3)30-20(17)25-22(26)31-14(4)19(28)24-16-9-7-15(8-10-16)18(23)27/h7-10,14H,5-6,11H2,1-4H3,(H2,23,27)(H,24,28). The molecule has 3 N–H and O–H groups in total. The van der Waals surface area contributed by atoms with Crippen LogP contribution in [0.15, 0.2) is 34.2 Å². The van der Waals surface area contributed by atoms with Gasteiger partial charge < -0.3 is 11.1 Å². The van der Waals surface area contributed by atoms with Crippen LogP contribution in [0, 0.1) is 13.8 Å². The van der Waals surface area contributed by atoms with Crippen molar-refractivity contribution in [3.05, 3.63) is 50.6 Å². The molecule has 2 aromatic heterocycles. The number of hydrogen-bond acceptors (Lipinski definition) is 6. The van der Waals surface area contributed by atoms with Gasteiger partial charge in [0.05, 0.1) is 10.6 Å². The van der Waals surface area contributed by atoms with Crippen molar-refractivity contribution in [2.75, 3.05) is 5.32 Å². The SMILES string of the molecule is CCCCn1c(SC(C)C(=O)Nc2ccc(C(N)=O)cc2)nc2sc(C)c(C)c2c1=O. The van der Waals surface area contributed by atoms with Crippen LogP contribution >= 0.6 is 23.1 Å². The van der Waals surface area contributed by atoms with Gasteiger partial charge in [-0.25, -0.2) is 4.98 Å². The molecular formula is C22H26N4O3S2. The fourth-order valence-corrected chi connectivity index (χ4v) is 5.09. The van der Waals surface area contributed by atoms with Gasteiger partial charge in [0.2, 0.25) is 11.8 Å². The summed E-state index contributed by atoms with van der Waals surface area (Å²) in [7, 11) is 0. The maximum Gasteiger partial charge on any atom is 0.263 e. The average molecular weight is 459 g/mol. The van der Waals surface area contributed by atoms with Crippen molar-refractivity contribution in [1.82, 2.24) is 9.55 Å². The fraction of sp³-hybridized carbons (Fsp3) is 0.364. The number of nitrogens with two attached hydrogens (primary N) is 1. The molecule has 31 heavy (non-hydrogen) atoms. The van der Waals surface area contributed by atoms with Gasteiger partial charge in [0.15, 0.2) is 5.16 Å². The normalized spacial score (nSPS) is 12.1. The van der Waals surface area contributed by atoms with E-state index in [1.807, 2.05) is 13.8 Å². The summed E-state index contributed by atoms with van der Waals surface area (Å²) in [6.45, 7) is 8.36. The summed E-state index contributed by atoms with van der Waals surface area (Å²) in [5.41, 5.74) is 7.12. The highest BCUT2D eigenvalue weighted by atomic mass is 32.2. The lowest BCUT2D eigenvalue weighted by Gasteiger charge is -2.16. The summed E-state index contributed by atoms with van der Waals surface area (Å²) in [6.07, 6.45) is 1.81. The molecule has 9 heteroatoms. The highest BCUT2D eigenvalue weighted by Crippen LogP contribution is 2.30. The molecule has 0 saturated carbocycles. The Morgan fingerprint density at radius 2 is 1.94 bits per heavy atom. The molecule has 0 aliphatic heterocycles. The highest BCUT2D eigenvalue weighted by molar-refractivity contribution is 8.00. The molecule has 7 nitrogen and oxygen atoms in total. The molecule has 0 fully saturated rings. The molecule has 0 spiro atoms. The monoisotopic (exact) mass is 458 g/mol. The lowest BCUT2D eigenvalue weighted by molar-refractivity contribution is -0.115. The van der Waals surface area contributed by atoms with Crippen LogP contribution in [0.25, 0.3) is 10.2 Å². The number of benzene rings is 1. The summed E-state index contributed by atoms with van der Waals surface area (Å²) in [5, 5.41) is 3.58. The van der Waals surface area contributed by atoms with Crippen LogP contribution < -0.4 is 16.6 Å². The summed E-state index contributed by atoms with van der Waals surface area (Å²) >= 11 is 2.78. The fourth-order valence-electron chi connectivity index (χ4n) is 3.09. The molecule has 3 rings (SSSR count). The minimum absolute atomic E-state index is 0.0440. The van der Waals surface area contributed by atoms with Crippen molar-refractivity contribution >= 4 is 50.8 Å². The molecule has 164 valence electrons. The molecule has 0 saturated heterocycles. The van der Waals surface area contributed by atoms with Gasteiger partial charge in [-0.05, 0) is 57.0 Å². The number of rotatable bonds is 8. The number of nitrogens with zero attached hydrogens (tertiary/aromatic N) is 2. The van der Waals surface area contributed by atoms with Gasteiger partial charge in [-0.15, -0.1) is 11.3 Å². The molecule has 0 aliphatic rings. The lowest BCUT2D eigenvalue weighted by Crippen LogP contribution is -2.27. The number of primary amides is 1. The quantitative estimate of drug-likeness (QED) is 0.390. The number of thiophene rings is 1. The van der Waals surface area contributed by atoms with E-state index < -0.39 is 11.2 Å². The first kappa shape index (κ1) is 23.0. The Bertz CT molecular complexity index is 1180. The second-order valence-electron chi connectivity index (χ2n) is 7.36. The van der Waals surface area contributed by atoms with Gasteiger partial charge >= 0.3 is 0 Å². The third-order valence-electron chi connectivity index (χ3n) is 5.08. The Labute approximate surface area is 189 Å². The third kappa shape index (κ3) is 4.99. The zero-order chi connectivity index (χ0) is 22.7. The number of unbranched alkanes of at least 4 members (excludes halogenated alkanes) is 1. The minimum Gasteiger partial charge on any atom is -0.366 e. The molecule has 0 radical (unpaired) electrons. The summed E-state index contributed by atoms with van der Waals surface area (Å²) in [4.78, 5) is 43.7. The van der Waals surface area contributed by atoms with Gasteiger partial charge in [-0.3, -0.25) is 19.0 Å². The Kier molecular flexibility index (Phi) is 7.17. The molecule has 3 aromatic rings. The third-order valence-corrected chi connectivity index (χ3v) is 7.27. The van der Waals surface area contributed by atoms with Crippen LogP contribution in [0.3, 0.4) is 0 Å². The zero-order valence-electron chi connectivity index (χ0n) is 18.0. The molecule has 1 aromatic carbocycles. The number of aromatic nitrogens is 2. The molecule has 2 heterocycles. The van der Waals surface area contributed by atoms with Crippen molar-refractivity contribution in [3.8, 4) is 0 Å². The van der Waals surface area contributed by atoms with Crippen molar-refractivity contribution in [2.45, 2.75) is 57.5 Å². The number of carbonyl (C=O) groups excluding carboxylic acids is 2. The van der Waals surface area contributed by atoms with Crippen molar-refractivity contribution in [2.24, 2.45) is 5.73 Å². The van der Waals surface area contributed by atoms with Crippen molar-refractivity contribution < 1.29 is 9.59 Å². The predicted molar refractivity (Wildman–Crippen MR) is 127 cm³/mol. The largest absolute Gasteiger partial charge is 0.366 e. The summed E-state index contributed by atoms with van der Waals surface area (Å²) < 4.78 is 1.70. The van der Waals surface area contributed by atoms with E-state index >= 15 is 0 Å².